The number of rotatable bonds is 5. The summed E-state index contributed by atoms with van der Waals surface area (Å²) in [5, 5.41) is 7.72. The summed E-state index contributed by atoms with van der Waals surface area (Å²) in [5.74, 6) is 1.43. The first-order valence-corrected chi connectivity index (χ1v) is 7.97. The summed E-state index contributed by atoms with van der Waals surface area (Å²) >= 11 is 0. The number of aromatic nitrogens is 1. The Morgan fingerprint density at radius 3 is 2.86 bits per heavy atom. The van der Waals surface area contributed by atoms with E-state index < -0.39 is 0 Å². The van der Waals surface area contributed by atoms with Crippen LogP contribution in [0.1, 0.15) is 25.7 Å². The van der Waals surface area contributed by atoms with Crippen LogP contribution in [0.4, 0.5) is 5.82 Å². The number of nitrogens with two attached hydrogens (primary N) is 1. The summed E-state index contributed by atoms with van der Waals surface area (Å²) in [5.41, 5.74) is 6.90. The number of nitrogens with zero attached hydrogens (tertiary/aromatic N) is 2. The van der Waals surface area contributed by atoms with Crippen molar-refractivity contribution in [3.63, 3.8) is 0 Å². The molecule has 1 aliphatic carbocycles. The Morgan fingerprint density at radius 1 is 1.18 bits per heavy atom. The van der Waals surface area contributed by atoms with Gasteiger partial charge in [0, 0.05) is 18.0 Å². The molecule has 0 spiro atoms. The third-order valence-corrected chi connectivity index (χ3v) is 4.01. The molecule has 0 atom stereocenters. The number of hydrogen-bond donors (Lipinski definition) is 3. The lowest BCUT2D eigenvalue weighted by atomic mass is 10.2. The van der Waals surface area contributed by atoms with Gasteiger partial charge in [-0.15, -0.1) is 0 Å². The molecule has 1 fully saturated rings. The molecule has 5 heteroatoms. The van der Waals surface area contributed by atoms with Crippen molar-refractivity contribution in [3.05, 3.63) is 36.4 Å². The van der Waals surface area contributed by atoms with Gasteiger partial charge in [-0.3, -0.25) is 4.99 Å². The number of anilines is 1. The average Bonchev–Trinajstić information content (AvgIpc) is 3.04. The smallest absolute Gasteiger partial charge is 0.188 e. The highest BCUT2D eigenvalue weighted by molar-refractivity contribution is 5.80. The minimum atomic E-state index is 0.513. The summed E-state index contributed by atoms with van der Waals surface area (Å²) in [6, 6.07) is 12.7. The molecule has 1 heterocycles. The van der Waals surface area contributed by atoms with Gasteiger partial charge in [0.1, 0.15) is 5.82 Å². The van der Waals surface area contributed by atoms with Gasteiger partial charge in [0.2, 0.25) is 0 Å². The predicted molar refractivity (Wildman–Crippen MR) is 92.1 cm³/mol. The molecule has 22 heavy (non-hydrogen) atoms. The summed E-state index contributed by atoms with van der Waals surface area (Å²) in [7, 11) is 0. The van der Waals surface area contributed by atoms with Crippen LogP contribution in [0.25, 0.3) is 10.9 Å². The topological polar surface area (TPSA) is 75.3 Å². The average molecular weight is 297 g/mol. The molecule has 2 aromatic rings. The molecule has 0 bridgehead atoms. The van der Waals surface area contributed by atoms with E-state index in [1.807, 2.05) is 24.3 Å². The van der Waals surface area contributed by atoms with Crippen LogP contribution in [0.5, 0.6) is 0 Å². The van der Waals surface area contributed by atoms with Crippen molar-refractivity contribution < 1.29 is 0 Å². The van der Waals surface area contributed by atoms with E-state index in [-0.39, 0.29) is 0 Å². The molecule has 0 saturated heterocycles. The number of nitrogens with one attached hydrogen (secondary N) is 2. The molecule has 0 aliphatic heterocycles. The van der Waals surface area contributed by atoms with E-state index in [0.29, 0.717) is 18.5 Å². The van der Waals surface area contributed by atoms with E-state index in [0.717, 1.165) is 23.3 Å². The number of benzene rings is 1. The zero-order valence-electron chi connectivity index (χ0n) is 12.8. The van der Waals surface area contributed by atoms with Gasteiger partial charge in [0.25, 0.3) is 0 Å². The zero-order valence-corrected chi connectivity index (χ0v) is 12.8. The van der Waals surface area contributed by atoms with Crippen molar-refractivity contribution in [1.82, 2.24) is 10.3 Å². The van der Waals surface area contributed by atoms with Crippen LogP contribution in [0, 0.1) is 0 Å². The highest BCUT2D eigenvalue weighted by Crippen LogP contribution is 2.17. The Labute approximate surface area is 131 Å². The van der Waals surface area contributed by atoms with E-state index >= 15 is 0 Å². The molecule has 3 rings (SSSR count). The van der Waals surface area contributed by atoms with Crippen LogP contribution >= 0.6 is 0 Å². The molecule has 0 unspecified atom stereocenters. The number of para-hydroxylation sites is 1. The molecule has 1 aromatic carbocycles. The first-order chi connectivity index (χ1) is 10.8. The van der Waals surface area contributed by atoms with Crippen LogP contribution in [0.2, 0.25) is 0 Å². The summed E-state index contributed by atoms with van der Waals surface area (Å²) in [6.45, 7) is 1.36. The first kappa shape index (κ1) is 14.6. The lowest BCUT2D eigenvalue weighted by Gasteiger charge is -2.12. The van der Waals surface area contributed by atoms with Crippen molar-refractivity contribution in [2.45, 2.75) is 31.7 Å². The van der Waals surface area contributed by atoms with E-state index in [9.17, 15) is 0 Å². The van der Waals surface area contributed by atoms with Crippen molar-refractivity contribution in [2.75, 3.05) is 18.4 Å². The van der Waals surface area contributed by atoms with Crippen molar-refractivity contribution in [2.24, 2.45) is 10.7 Å². The monoisotopic (exact) mass is 297 g/mol. The predicted octanol–water partition coefficient (Wildman–Crippen LogP) is 2.49. The zero-order chi connectivity index (χ0) is 15.2. The minimum Gasteiger partial charge on any atom is -0.370 e. The second-order valence-corrected chi connectivity index (χ2v) is 5.71. The second-order valence-electron chi connectivity index (χ2n) is 5.71. The Kier molecular flexibility index (Phi) is 4.73. The maximum atomic E-state index is 5.90. The minimum absolute atomic E-state index is 0.513. The van der Waals surface area contributed by atoms with Gasteiger partial charge in [0.05, 0.1) is 12.1 Å². The number of pyridine rings is 1. The van der Waals surface area contributed by atoms with Gasteiger partial charge in [0.15, 0.2) is 5.96 Å². The maximum absolute atomic E-state index is 5.90. The third kappa shape index (κ3) is 3.87. The Bertz CT molecular complexity index is 646. The molecule has 1 saturated carbocycles. The highest BCUT2D eigenvalue weighted by Gasteiger charge is 2.14. The van der Waals surface area contributed by atoms with Gasteiger partial charge < -0.3 is 16.4 Å². The Hall–Kier alpha value is -2.30. The van der Waals surface area contributed by atoms with Crippen molar-refractivity contribution in [3.8, 4) is 0 Å². The van der Waals surface area contributed by atoms with E-state index in [4.69, 9.17) is 5.73 Å². The molecular weight excluding hydrogens is 274 g/mol. The van der Waals surface area contributed by atoms with Crippen LogP contribution in [0.3, 0.4) is 0 Å². The molecule has 1 aliphatic rings. The number of hydrogen-bond acceptors (Lipinski definition) is 3. The van der Waals surface area contributed by atoms with Crippen LogP contribution in [-0.4, -0.2) is 30.1 Å². The summed E-state index contributed by atoms with van der Waals surface area (Å²) < 4.78 is 0. The first-order valence-electron chi connectivity index (χ1n) is 7.97. The molecule has 0 amide bonds. The fraction of sp³-hybridized carbons (Fsp3) is 0.412. The number of aliphatic imine (C=N–C) groups is 1. The van der Waals surface area contributed by atoms with Gasteiger partial charge in [-0.05, 0) is 31.0 Å². The lowest BCUT2D eigenvalue weighted by molar-refractivity contribution is 0.625. The van der Waals surface area contributed by atoms with Crippen molar-refractivity contribution in [1.29, 1.82) is 0 Å². The summed E-state index contributed by atoms with van der Waals surface area (Å²) in [4.78, 5) is 8.93. The van der Waals surface area contributed by atoms with E-state index in [2.05, 4.69) is 32.7 Å². The SMILES string of the molecule is NC(=NCCNc1ccc2ccccc2n1)NC1CCCC1. The van der Waals surface area contributed by atoms with E-state index in [1.165, 1.54) is 25.7 Å². The quantitative estimate of drug-likeness (QED) is 0.450. The number of fused-ring (bicyclic) bond motifs is 1. The molecule has 0 radical (unpaired) electrons. The number of guanidine groups is 1. The molecule has 1 aromatic heterocycles. The normalized spacial score (nSPS) is 16.1. The molecule has 116 valence electrons. The standard InChI is InChI=1S/C17H23N5/c18-17(21-14-6-2-3-7-14)20-12-11-19-16-10-9-13-5-1-4-8-15(13)22-16/h1,4-5,8-10,14H,2-3,6-7,11-12H2,(H,19,22)(H3,18,20,21). The largest absolute Gasteiger partial charge is 0.370 e. The lowest BCUT2D eigenvalue weighted by Crippen LogP contribution is -2.38. The Morgan fingerprint density at radius 2 is 2.00 bits per heavy atom. The highest BCUT2D eigenvalue weighted by atomic mass is 15.1. The van der Waals surface area contributed by atoms with Crippen molar-refractivity contribution >= 4 is 22.7 Å². The molecule has 5 nitrogen and oxygen atoms in total. The molecule has 4 N–H and O–H groups in total. The van der Waals surface area contributed by atoms with Gasteiger partial charge in [-0.1, -0.05) is 31.0 Å². The maximum Gasteiger partial charge on any atom is 0.188 e. The fourth-order valence-electron chi connectivity index (χ4n) is 2.85. The van der Waals surface area contributed by atoms with Gasteiger partial charge in [-0.2, -0.15) is 0 Å². The Balaban J connectivity index is 1.47. The van der Waals surface area contributed by atoms with Crippen LogP contribution < -0.4 is 16.4 Å². The fourth-order valence-corrected chi connectivity index (χ4v) is 2.85. The van der Waals surface area contributed by atoms with Crippen LogP contribution in [0.15, 0.2) is 41.4 Å². The van der Waals surface area contributed by atoms with Gasteiger partial charge in [-0.25, -0.2) is 4.98 Å². The second kappa shape index (κ2) is 7.11. The van der Waals surface area contributed by atoms with Gasteiger partial charge >= 0.3 is 0 Å². The summed E-state index contributed by atoms with van der Waals surface area (Å²) in [6.07, 6.45) is 4.99. The molecular formula is C17H23N5. The van der Waals surface area contributed by atoms with Crippen LogP contribution in [-0.2, 0) is 0 Å². The third-order valence-electron chi connectivity index (χ3n) is 4.01. The van der Waals surface area contributed by atoms with E-state index in [1.54, 1.807) is 0 Å².